The fraction of sp³-hybridized carbons (Fsp3) is 0.333. The number of hydrogen-bond donors (Lipinski definition) is 2. The van der Waals surface area contributed by atoms with Gasteiger partial charge in [0, 0.05) is 12.6 Å². The van der Waals surface area contributed by atoms with Gasteiger partial charge in [-0.25, -0.2) is 0 Å². The van der Waals surface area contributed by atoms with Crippen LogP contribution < -0.4 is 5.32 Å². The van der Waals surface area contributed by atoms with Gasteiger partial charge in [-0.1, -0.05) is 30.7 Å². The third-order valence-corrected chi connectivity index (χ3v) is 2.84. The van der Waals surface area contributed by atoms with Crippen molar-refractivity contribution in [3.63, 3.8) is 0 Å². The Balaban J connectivity index is 2.56. The van der Waals surface area contributed by atoms with Crippen LogP contribution in [0.2, 0.25) is 0 Å². The molecule has 0 radical (unpaired) electrons. The van der Waals surface area contributed by atoms with E-state index in [1.54, 1.807) is 13.0 Å². The Kier molecular flexibility index (Phi) is 5.30. The van der Waals surface area contributed by atoms with Crippen LogP contribution in [0.25, 0.3) is 6.08 Å². The number of hydrogen-bond acceptors (Lipinski definition) is 2. The van der Waals surface area contributed by atoms with Crippen LogP contribution in [0, 0.1) is 19.8 Å². The molecule has 4 heteroatoms. The summed E-state index contributed by atoms with van der Waals surface area (Å²) in [6, 6.07) is 5.98. The predicted molar refractivity (Wildman–Crippen MR) is 74.8 cm³/mol. The first-order valence-corrected chi connectivity index (χ1v) is 6.16. The predicted octanol–water partition coefficient (Wildman–Crippen LogP) is 2.15. The van der Waals surface area contributed by atoms with Crippen LogP contribution in [0.15, 0.2) is 24.3 Å². The van der Waals surface area contributed by atoms with Crippen LogP contribution >= 0.6 is 0 Å². The lowest BCUT2D eigenvalue weighted by Gasteiger charge is -2.06. The third kappa shape index (κ3) is 4.95. The topological polar surface area (TPSA) is 66.4 Å². The number of rotatable bonds is 5. The smallest absolute Gasteiger partial charge is 0.308 e. The molecule has 0 fully saturated rings. The second kappa shape index (κ2) is 6.73. The number of carboxylic acid groups (broad SMARTS) is 1. The summed E-state index contributed by atoms with van der Waals surface area (Å²) in [5, 5.41) is 11.3. The van der Waals surface area contributed by atoms with Crippen LogP contribution in [0.3, 0.4) is 0 Å². The Morgan fingerprint density at radius 3 is 2.63 bits per heavy atom. The fourth-order valence-electron chi connectivity index (χ4n) is 1.58. The molecule has 0 aliphatic heterocycles. The fourth-order valence-corrected chi connectivity index (χ4v) is 1.58. The molecule has 1 unspecified atom stereocenters. The van der Waals surface area contributed by atoms with Gasteiger partial charge in [0.15, 0.2) is 0 Å². The molecular formula is C15H19NO3. The van der Waals surface area contributed by atoms with Crippen molar-refractivity contribution >= 4 is 18.0 Å². The van der Waals surface area contributed by atoms with Crippen molar-refractivity contribution in [3.8, 4) is 0 Å². The molecule has 0 heterocycles. The molecule has 1 aromatic rings. The van der Waals surface area contributed by atoms with E-state index >= 15 is 0 Å². The molecule has 0 saturated heterocycles. The van der Waals surface area contributed by atoms with Crippen molar-refractivity contribution < 1.29 is 14.7 Å². The van der Waals surface area contributed by atoms with E-state index in [1.807, 2.05) is 32.0 Å². The average molecular weight is 261 g/mol. The molecule has 0 aliphatic carbocycles. The highest BCUT2D eigenvalue weighted by Gasteiger charge is 2.10. The zero-order valence-corrected chi connectivity index (χ0v) is 11.4. The SMILES string of the molecule is Cc1ccc(/C=C/C(=O)NCC(C)C(=O)O)c(C)c1. The van der Waals surface area contributed by atoms with E-state index < -0.39 is 11.9 Å². The molecule has 0 saturated carbocycles. The van der Waals surface area contributed by atoms with Gasteiger partial charge in [-0.2, -0.15) is 0 Å². The molecule has 102 valence electrons. The summed E-state index contributed by atoms with van der Waals surface area (Å²) < 4.78 is 0. The highest BCUT2D eigenvalue weighted by Crippen LogP contribution is 2.11. The minimum Gasteiger partial charge on any atom is -0.481 e. The van der Waals surface area contributed by atoms with Gasteiger partial charge >= 0.3 is 5.97 Å². The van der Waals surface area contributed by atoms with E-state index in [1.165, 1.54) is 11.6 Å². The molecule has 1 rings (SSSR count). The van der Waals surface area contributed by atoms with Crippen molar-refractivity contribution in [2.75, 3.05) is 6.54 Å². The maximum atomic E-state index is 11.5. The Bertz CT molecular complexity index is 506. The number of nitrogens with one attached hydrogen (secondary N) is 1. The van der Waals surface area contributed by atoms with Crippen molar-refractivity contribution in [3.05, 3.63) is 41.0 Å². The average Bonchev–Trinajstić information content (AvgIpc) is 2.34. The molecular weight excluding hydrogens is 242 g/mol. The second-order valence-corrected chi connectivity index (χ2v) is 4.68. The van der Waals surface area contributed by atoms with Crippen LogP contribution in [-0.4, -0.2) is 23.5 Å². The Labute approximate surface area is 113 Å². The van der Waals surface area contributed by atoms with Crippen LogP contribution in [0.1, 0.15) is 23.6 Å². The summed E-state index contributed by atoms with van der Waals surface area (Å²) >= 11 is 0. The van der Waals surface area contributed by atoms with E-state index in [4.69, 9.17) is 5.11 Å². The maximum absolute atomic E-state index is 11.5. The van der Waals surface area contributed by atoms with E-state index in [0.29, 0.717) is 0 Å². The minimum atomic E-state index is -0.918. The van der Waals surface area contributed by atoms with Gasteiger partial charge in [0.1, 0.15) is 0 Å². The highest BCUT2D eigenvalue weighted by molar-refractivity contribution is 5.92. The number of carbonyl (C=O) groups is 2. The Hall–Kier alpha value is -2.10. The molecule has 1 aromatic carbocycles. The van der Waals surface area contributed by atoms with Crippen LogP contribution in [0.5, 0.6) is 0 Å². The highest BCUT2D eigenvalue weighted by atomic mass is 16.4. The molecule has 19 heavy (non-hydrogen) atoms. The first-order valence-electron chi connectivity index (χ1n) is 6.16. The summed E-state index contributed by atoms with van der Waals surface area (Å²) in [6.45, 7) is 5.68. The van der Waals surface area contributed by atoms with Gasteiger partial charge in [-0.05, 0) is 31.1 Å². The number of aryl methyl sites for hydroxylation is 2. The number of aliphatic carboxylic acids is 1. The lowest BCUT2D eigenvalue weighted by atomic mass is 10.1. The Morgan fingerprint density at radius 2 is 2.05 bits per heavy atom. The molecule has 0 bridgehead atoms. The molecule has 0 spiro atoms. The molecule has 0 aliphatic rings. The van der Waals surface area contributed by atoms with E-state index in [9.17, 15) is 9.59 Å². The summed E-state index contributed by atoms with van der Waals surface area (Å²) in [5.74, 6) is -1.79. The molecule has 1 atom stereocenters. The van der Waals surface area contributed by atoms with E-state index in [-0.39, 0.29) is 12.5 Å². The molecule has 0 aromatic heterocycles. The van der Waals surface area contributed by atoms with Gasteiger partial charge in [-0.15, -0.1) is 0 Å². The van der Waals surface area contributed by atoms with Gasteiger partial charge < -0.3 is 10.4 Å². The second-order valence-electron chi connectivity index (χ2n) is 4.68. The first-order chi connectivity index (χ1) is 8.90. The Morgan fingerprint density at radius 1 is 1.37 bits per heavy atom. The lowest BCUT2D eigenvalue weighted by Crippen LogP contribution is -2.30. The van der Waals surface area contributed by atoms with Crippen molar-refractivity contribution in [1.29, 1.82) is 0 Å². The van der Waals surface area contributed by atoms with Crippen molar-refractivity contribution in [2.24, 2.45) is 5.92 Å². The number of benzene rings is 1. The molecule has 4 nitrogen and oxygen atoms in total. The van der Waals surface area contributed by atoms with E-state index in [2.05, 4.69) is 5.32 Å². The van der Waals surface area contributed by atoms with Gasteiger partial charge in [0.05, 0.1) is 5.92 Å². The zero-order valence-electron chi connectivity index (χ0n) is 11.4. The zero-order chi connectivity index (χ0) is 14.4. The van der Waals surface area contributed by atoms with Crippen LogP contribution in [0.4, 0.5) is 0 Å². The lowest BCUT2D eigenvalue weighted by molar-refractivity contribution is -0.141. The standard InChI is InChI=1S/C15H19NO3/c1-10-4-5-13(11(2)8-10)6-7-14(17)16-9-12(3)15(18)19/h4-8,12H,9H2,1-3H3,(H,16,17)(H,18,19)/b7-6+. The summed E-state index contributed by atoms with van der Waals surface area (Å²) in [7, 11) is 0. The summed E-state index contributed by atoms with van der Waals surface area (Å²) in [5.41, 5.74) is 3.25. The number of carboxylic acids is 1. The largest absolute Gasteiger partial charge is 0.481 e. The quantitative estimate of drug-likeness (QED) is 0.798. The summed E-state index contributed by atoms with van der Waals surface area (Å²) in [4.78, 5) is 22.1. The number of carbonyl (C=O) groups excluding carboxylic acids is 1. The normalized spacial score (nSPS) is 12.4. The third-order valence-electron chi connectivity index (χ3n) is 2.84. The monoisotopic (exact) mass is 261 g/mol. The minimum absolute atomic E-state index is 0.130. The van der Waals surface area contributed by atoms with Crippen LogP contribution in [-0.2, 0) is 9.59 Å². The van der Waals surface area contributed by atoms with Gasteiger partial charge in [0.2, 0.25) is 5.91 Å². The number of amides is 1. The van der Waals surface area contributed by atoms with Gasteiger partial charge in [0.25, 0.3) is 0 Å². The summed E-state index contributed by atoms with van der Waals surface area (Å²) in [6.07, 6.45) is 3.15. The molecule has 2 N–H and O–H groups in total. The molecule has 1 amide bonds. The maximum Gasteiger partial charge on any atom is 0.308 e. The van der Waals surface area contributed by atoms with Gasteiger partial charge in [-0.3, -0.25) is 9.59 Å². The van der Waals surface area contributed by atoms with E-state index in [0.717, 1.165) is 11.1 Å². The van der Waals surface area contributed by atoms with Crippen molar-refractivity contribution in [2.45, 2.75) is 20.8 Å². The first kappa shape index (κ1) is 15.0. The van der Waals surface area contributed by atoms with Crippen molar-refractivity contribution in [1.82, 2.24) is 5.32 Å².